The van der Waals surface area contributed by atoms with Crippen LogP contribution in [0.4, 0.5) is 0 Å². The van der Waals surface area contributed by atoms with E-state index in [1.807, 2.05) is 57.2 Å². The van der Waals surface area contributed by atoms with E-state index >= 15 is 0 Å². The Kier molecular flexibility index (Phi) is 4.03. The third-order valence-electron chi connectivity index (χ3n) is 3.12. The fourth-order valence-corrected chi connectivity index (χ4v) is 2.13. The van der Waals surface area contributed by atoms with Crippen LogP contribution in [-0.2, 0) is 7.05 Å². The molecule has 0 bridgehead atoms. The standard InChI is InChI=1S/C14H13N3O.C2H6/c1-10-7-8-11(9-15-10)17-13-6-4-3-5-12(13)16(2)14(17)18;1-2/h3-9H,1-2H3;1-2H3. The minimum Gasteiger partial charge on any atom is -0.295 e. The lowest BCUT2D eigenvalue weighted by Crippen LogP contribution is -2.20. The van der Waals surface area contributed by atoms with E-state index in [2.05, 4.69) is 4.98 Å². The van der Waals surface area contributed by atoms with Gasteiger partial charge in [0.05, 0.1) is 22.9 Å². The molecule has 0 aliphatic rings. The molecular weight excluding hydrogens is 250 g/mol. The number of imidazole rings is 1. The van der Waals surface area contributed by atoms with Crippen molar-refractivity contribution in [3.05, 3.63) is 58.8 Å². The second-order valence-corrected chi connectivity index (χ2v) is 4.32. The van der Waals surface area contributed by atoms with Gasteiger partial charge >= 0.3 is 5.69 Å². The van der Waals surface area contributed by atoms with Crippen molar-refractivity contribution in [3.63, 3.8) is 0 Å². The van der Waals surface area contributed by atoms with Crippen LogP contribution < -0.4 is 5.69 Å². The zero-order chi connectivity index (χ0) is 14.7. The molecule has 2 aromatic heterocycles. The molecule has 0 saturated heterocycles. The van der Waals surface area contributed by atoms with Crippen molar-refractivity contribution in [2.24, 2.45) is 7.05 Å². The number of rotatable bonds is 1. The van der Waals surface area contributed by atoms with Gasteiger partial charge in [-0.1, -0.05) is 26.0 Å². The van der Waals surface area contributed by atoms with E-state index in [4.69, 9.17) is 0 Å². The van der Waals surface area contributed by atoms with E-state index in [1.165, 1.54) is 0 Å². The van der Waals surface area contributed by atoms with Gasteiger partial charge in [-0.05, 0) is 31.2 Å². The molecule has 104 valence electrons. The Labute approximate surface area is 118 Å². The first-order valence-corrected chi connectivity index (χ1v) is 6.78. The molecule has 0 saturated carbocycles. The Hall–Kier alpha value is -2.36. The van der Waals surface area contributed by atoms with Crippen LogP contribution >= 0.6 is 0 Å². The summed E-state index contributed by atoms with van der Waals surface area (Å²) in [4.78, 5) is 16.5. The van der Waals surface area contributed by atoms with Gasteiger partial charge in [-0.15, -0.1) is 0 Å². The molecule has 0 atom stereocenters. The maximum absolute atomic E-state index is 12.3. The summed E-state index contributed by atoms with van der Waals surface area (Å²) < 4.78 is 3.33. The number of fused-ring (bicyclic) bond motifs is 1. The Bertz CT molecular complexity index is 767. The molecule has 20 heavy (non-hydrogen) atoms. The number of hydrogen-bond donors (Lipinski definition) is 0. The van der Waals surface area contributed by atoms with Crippen LogP contribution in [0.2, 0.25) is 0 Å². The third-order valence-corrected chi connectivity index (χ3v) is 3.12. The summed E-state index contributed by atoms with van der Waals surface area (Å²) in [6.45, 7) is 5.93. The molecule has 1 aromatic carbocycles. The summed E-state index contributed by atoms with van der Waals surface area (Å²) in [5.41, 5.74) is 3.50. The second kappa shape index (κ2) is 5.74. The second-order valence-electron chi connectivity index (χ2n) is 4.32. The van der Waals surface area contributed by atoms with Crippen molar-refractivity contribution in [2.75, 3.05) is 0 Å². The van der Waals surface area contributed by atoms with E-state index in [9.17, 15) is 4.79 Å². The average molecular weight is 269 g/mol. The normalized spacial score (nSPS) is 10.2. The highest BCUT2D eigenvalue weighted by Crippen LogP contribution is 2.16. The van der Waals surface area contributed by atoms with E-state index in [1.54, 1.807) is 22.4 Å². The van der Waals surface area contributed by atoms with Gasteiger partial charge in [-0.2, -0.15) is 0 Å². The summed E-state index contributed by atoms with van der Waals surface area (Å²) in [7, 11) is 1.78. The SMILES string of the molecule is CC.Cc1ccc(-n2c(=O)n(C)c3ccccc32)cn1. The van der Waals surface area contributed by atoms with Crippen molar-refractivity contribution >= 4 is 11.0 Å². The highest BCUT2D eigenvalue weighted by Gasteiger charge is 2.11. The van der Waals surface area contributed by atoms with Gasteiger partial charge in [-0.25, -0.2) is 4.79 Å². The Morgan fingerprint density at radius 3 is 2.25 bits per heavy atom. The summed E-state index contributed by atoms with van der Waals surface area (Å²) in [6.07, 6.45) is 1.73. The largest absolute Gasteiger partial charge is 0.333 e. The van der Waals surface area contributed by atoms with Crippen LogP contribution in [0.25, 0.3) is 16.7 Å². The van der Waals surface area contributed by atoms with Crippen molar-refractivity contribution in [2.45, 2.75) is 20.8 Å². The number of pyridine rings is 1. The van der Waals surface area contributed by atoms with Gasteiger partial charge in [0, 0.05) is 12.7 Å². The van der Waals surface area contributed by atoms with Gasteiger partial charge in [0.15, 0.2) is 0 Å². The molecule has 4 heteroatoms. The predicted molar refractivity (Wildman–Crippen MR) is 82.4 cm³/mol. The molecule has 0 unspecified atom stereocenters. The highest BCUT2D eigenvalue weighted by atomic mass is 16.1. The molecule has 0 aliphatic carbocycles. The lowest BCUT2D eigenvalue weighted by molar-refractivity contribution is 0.843. The van der Waals surface area contributed by atoms with Crippen molar-refractivity contribution in [1.82, 2.24) is 14.1 Å². The fraction of sp³-hybridized carbons (Fsp3) is 0.250. The fourth-order valence-electron chi connectivity index (χ4n) is 2.13. The number of aromatic nitrogens is 3. The zero-order valence-electron chi connectivity index (χ0n) is 12.3. The Morgan fingerprint density at radius 1 is 1.00 bits per heavy atom. The van der Waals surface area contributed by atoms with E-state index in [0.717, 1.165) is 22.4 Å². The Morgan fingerprint density at radius 2 is 1.65 bits per heavy atom. The molecule has 4 nitrogen and oxygen atoms in total. The van der Waals surface area contributed by atoms with Gasteiger partial charge in [0.2, 0.25) is 0 Å². The van der Waals surface area contributed by atoms with Gasteiger partial charge in [-0.3, -0.25) is 14.1 Å². The predicted octanol–water partition coefficient (Wildman–Crippen LogP) is 3.06. The molecule has 3 aromatic rings. The smallest absolute Gasteiger partial charge is 0.295 e. The van der Waals surface area contributed by atoms with Gasteiger partial charge in [0.1, 0.15) is 0 Å². The molecule has 0 N–H and O–H groups in total. The van der Waals surface area contributed by atoms with E-state index in [-0.39, 0.29) is 5.69 Å². The number of hydrogen-bond acceptors (Lipinski definition) is 2. The quantitative estimate of drug-likeness (QED) is 0.681. The van der Waals surface area contributed by atoms with Crippen molar-refractivity contribution in [1.29, 1.82) is 0 Å². The molecule has 0 fully saturated rings. The summed E-state index contributed by atoms with van der Waals surface area (Å²) >= 11 is 0. The first kappa shape index (κ1) is 14.1. The minimum absolute atomic E-state index is 0.0538. The third kappa shape index (κ3) is 2.25. The Balaban J connectivity index is 0.000000704. The van der Waals surface area contributed by atoms with Crippen LogP contribution in [0.3, 0.4) is 0 Å². The molecule has 0 amide bonds. The summed E-state index contributed by atoms with van der Waals surface area (Å²) in [5, 5.41) is 0. The minimum atomic E-state index is -0.0538. The molecule has 0 aliphatic heterocycles. The zero-order valence-corrected chi connectivity index (χ0v) is 12.3. The van der Waals surface area contributed by atoms with Crippen molar-refractivity contribution < 1.29 is 0 Å². The highest BCUT2D eigenvalue weighted by molar-refractivity contribution is 5.77. The number of benzene rings is 1. The maximum atomic E-state index is 12.3. The number of nitrogens with zero attached hydrogens (tertiary/aromatic N) is 3. The van der Waals surface area contributed by atoms with Crippen LogP contribution in [0, 0.1) is 6.92 Å². The van der Waals surface area contributed by atoms with E-state index in [0.29, 0.717) is 0 Å². The monoisotopic (exact) mass is 269 g/mol. The van der Waals surface area contributed by atoms with Gasteiger partial charge < -0.3 is 0 Å². The molecule has 3 rings (SSSR count). The van der Waals surface area contributed by atoms with Crippen LogP contribution in [0.1, 0.15) is 19.5 Å². The molecule has 0 radical (unpaired) electrons. The van der Waals surface area contributed by atoms with Gasteiger partial charge in [0.25, 0.3) is 0 Å². The lowest BCUT2D eigenvalue weighted by Gasteiger charge is -2.02. The van der Waals surface area contributed by atoms with E-state index < -0.39 is 0 Å². The summed E-state index contributed by atoms with van der Waals surface area (Å²) in [5.74, 6) is 0. The van der Waals surface area contributed by atoms with Crippen LogP contribution in [-0.4, -0.2) is 14.1 Å². The maximum Gasteiger partial charge on any atom is 0.333 e. The molecule has 0 spiro atoms. The molecule has 2 heterocycles. The van der Waals surface area contributed by atoms with Crippen LogP contribution in [0.5, 0.6) is 0 Å². The summed E-state index contributed by atoms with van der Waals surface area (Å²) in [6, 6.07) is 11.6. The molecular formula is C16H19N3O. The first-order chi connectivity index (χ1) is 9.68. The average Bonchev–Trinajstić information content (AvgIpc) is 2.75. The van der Waals surface area contributed by atoms with Crippen molar-refractivity contribution in [3.8, 4) is 5.69 Å². The number of aryl methyl sites for hydroxylation is 2. The topological polar surface area (TPSA) is 39.8 Å². The lowest BCUT2D eigenvalue weighted by atomic mass is 10.3. The van der Waals surface area contributed by atoms with Crippen LogP contribution in [0.15, 0.2) is 47.4 Å². The number of para-hydroxylation sites is 2. The first-order valence-electron chi connectivity index (χ1n) is 6.78.